The van der Waals surface area contributed by atoms with Crippen LogP contribution in [0.3, 0.4) is 0 Å². The second-order valence-corrected chi connectivity index (χ2v) is 1.77. The average molecular weight is 114 g/mol. The predicted molar refractivity (Wildman–Crippen MR) is 41.1 cm³/mol. The first-order valence-corrected chi connectivity index (χ1v) is 3.41. The Morgan fingerprint density at radius 1 is 1.00 bits per heavy atom. The monoisotopic (exact) mass is 114 g/mol. The molecule has 0 amide bonds. The van der Waals surface area contributed by atoms with Gasteiger partial charge < -0.3 is 0 Å². The normalized spacial score (nSPS) is 11.8. The molecule has 0 atom stereocenters. The third kappa shape index (κ3) is 236. The molecule has 1 aliphatic rings. The van der Waals surface area contributed by atoms with E-state index in [1.807, 2.05) is 0 Å². The third-order valence-corrected chi connectivity index (χ3v) is 0.354. The van der Waals surface area contributed by atoms with Crippen LogP contribution in [0, 0.1) is 0 Å². The van der Waals surface area contributed by atoms with Gasteiger partial charge in [0.05, 0.1) is 0 Å². The van der Waals surface area contributed by atoms with E-state index >= 15 is 0 Å². The minimum absolute atomic E-state index is 1.25. The number of hydrogen-bond donors (Lipinski definition) is 0. The van der Waals surface area contributed by atoms with Gasteiger partial charge >= 0.3 is 0 Å². The highest BCUT2D eigenvalue weighted by Gasteiger charge is 1.95. The summed E-state index contributed by atoms with van der Waals surface area (Å²) < 4.78 is 0. The Morgan fingerprint density at radius 3 is 1.12 bits per heavy atom. The summed E-state index contributed by atoms with van der Waals surface area (Å²) in [5, 5.41) is 0. The van der Waals surface area contributed by atoms with Gasteiger partial charge in [-0.2, -0.15) is 0 Å². The zero-order chi connectivity index (χ0) is 6.83. The van der Waals surface area contributed by atoms with Crippen molar-refractivity contribution >= 4 is 0 Å². The molecule has 0 aromatic heterocycles. The van der Waals surface area contributed by atoms with E-state index in [1.54, 1.807) is 0 Å². The lowest BCUT2D eigenvalue weighted by Gasteiger charge is -1.48. The van der Waals surface area contributed by atoms with Gasteiger partial charge in [0.15, 0.2) is 0 Å². The first-order valence-electron chi connectivity index (χ1n) is 3.41. The lowest BCUT2D eigenvalue weighted by atomic mass is 10.6. The second kappa shape index (κ2) is 15.9. The molecular formula is C8H18. The second-order valence-electron chi connectivity index (χ2n) is 1.77. The van der Waals surface area contributed by atoms with Gasteiger partial charge in [-0.05, 0) is 0 Å². The van der Waals surface area contributed by atoms with Crippen LogP contribution in [-0.2, 0) is 0 Å². The van der Waals surface area contributed by atoms with E-state index in [-0.39, 0.29) is 0 Å². The summed E-state index contributed by atoms with van der Waals surface area (Å²) in [6.07, 6.45) is 5.75. The van der Waals surface area contributed by atoms with Gasteiger partial charge in [-0.1, -0.05) is 39.5 Å². The van der Waals surface area contributed by atoms with Crippen LogP contribution < -0.4 is 0 Å². The van der Waals surface area contributed by atoms with Crippen molar-refractivity contribution in [3.05, 3.63) is 13.2 Å². The quantitative estimate of drug-likeness (QED) is 0.423. The van der Waals surface area contributed by atoms with Gasteiger partial charge in [0.25, 0.3) is 0 Å². The maximum absolute atomic E-state index is 3.00. The molecule has 0 bridgehead atoms. The summed E-state index contributed by atoms with van der Waals surface area (Å²) in [6.45, 7) is 10.2. The Labute approximate surface area is 53.6 Å². The molecule has 50 valence electrons. The molecule has 0 unspecified atom stereocenters. The summed E-state index contributed by atoms with van der Waals surface area (Å²) in [5.74, 6) is 0. The van der Waals surface area contributed by atoms with Crippen LogP contribution in [-0.4, -0.2) is 0 Å². The maximum atomic E-state index is 3.00. The Hall–Kier alpha value is -0.260. The van der Waals surface area contributed by atoms with Gasteiger partial charge in [0.1, 0.15) is 0 Å². The fourth-order valence-corrected chi connectivity index (χ4v) is 0. The van der Waals surface area contributed by atoms with Crippen molar-refractivity contribution in [2.45, 2.75) is 39.5 Å². The minimum Gasteiger partial charge on any atom is -0.106 e. The molecule has 0 nitrogen and oxygen atoms in total. The molecule has 0 aromatic carbocycles. The molecule has 0 aliphatic heterocycles. The number of hydrogen-bond acceptors (Lipinski definition) is 0. The Balaban J connectivity index is 0. The molecule has 0 saturated heterocycles. The molecule has 0 aromatic rings. The molecule has 0 spiro atoms. The predicted octanol–water partition coefficient (Wildman–Crippen LogP) is 3.39. The molecule has 8 heavy (non-hydrogen) atoms. The van der Waals surface area contributed by atoms with Crippen LogP contribution in [0.4, 0.5) is 0 Å². The molecule has 1 saturated carbocycles. The Kier molecular flexibility index (Phi) is 21.2. The summed E-state index contributed by atoms with van der Waals surface area (Å²) >= 11 is 0. The average Bonchev–Trinajstić information content (AvgIpc) is 2.54. The first kappa shape index (κ1) is 10.7. The minimum atomic E-state index is 1.25. The van der Waals surface area contributed by atoms with Crippen molar-refractivity contribution in [2.24, 2.45) is 0 Å². The van der Waals surface area contributed by atoms with E-state index in [9.17, 15) is 0 Å². The van der Waals surface area contributed by atoms with Gasteiger partial charge in [0.2, 0.25) is 0 Å². The molecule has 0 N–H and O–H groups in total. The molecular weight excluding hydrogens is 96.1 g/mol. The van der Waals surface area contributed by atoms with Crippen LogP contribution in [0.5, 0.6) is 0 Å². The van der Waals surface area contributed by atoms with E-state index in [4.69, 9.17) is 0 Å². The van der Waals surface area contributed by atoms with Crippen molar-refractivity contribution in [2.75, 3.05) is 0 Å². The summed E-state index contributed by atoms with van der Waals surface area (Å²) in [4.78, 5) is 0. The van der Waals surface area contributed by atoms with Crippen molar-refractivity contribution in [3.63, 3.8) is 0 Å². The topological polar surface area (TPSA) is 0 Å². The van der Waals surface area contributed by atoms with Crippen LogP contribution in [0.2, 0.25) is 0 Å². The molecule has 0 heteroatoms. The molecule has 0 heterocycles. The first-order chi connectivity index (χ1) is 3.91. The third-order valence-electron chi connectivity index (χ3n) is 0.354. The van der Waals surface area contributed by atoms with E-state index in [0.717, 1.165) is 0 Å². The van der Waals surface area contributed by atoms with E-state index in [2.05, 4.69) is 27.0 Å². The summed E-state index contributed by atoms with van der Waals surface area (Å²) in [6, 6.07) is 0. The van der Waals surface area contributed by atoms with Crippen LogP contribution in [0.1, 0.15) is 39.5 Å². The fraction of sp³-hybridized carbons (Fsp3) is 0.750. The molecule has 1 fully saturated rings. The van der Waals surface area contributed by atoms with E-state index < -0.39 is 0 Å². The summed E-state index contributed by atoms with van der Waals surface area (Å²) in [5.41, 5.74) is 0. The lowest BCUT2D eigenvalue weighted by molar-refractivity contribution is 1.09. The standard InChI is InChI=1S/C3H6.C3H8.C2H4/c1-2-3-1;1-3-2;1-2/h1-3H2;3H2,1-2H3;1-2H2. The van der Waals surface area contributed by atoms with Crippen molar-refractivity contribution in [1.82, 2.24) is 0 Å². The zero-order valence-electron chi connectivity index (χ0n) is 6.24. The van der Waals surface area contributed by atoms with Crippen LogP contribution >= 0.6 is 0 Å². The summed E-state index contributed by atoms with van der Waals surface area (Å²) in [7, 11) is 0. The van der Waals surface area contributed by atoms with Crippen LogP contribution in [0.25, 0.3) is 0 Å². The number of rotatable bonds is 0. The zero-order valence-corrected chi connectivity index (χ0v) is 6.24. The van der Waals surface area contributed by atoms with Gasteiger partial charge in [-0.15, -0.1) is 13.2 Å². The van der Waals surface area contributed by atoms with Crippen molar-refractivity contribution < 1.29 is 0 Å². The van der Waals surface area contributed by atoms with Gasteiger partial charge in [-0.25, -0.2) is 0 Å². The molecule has 1 rings (SSSR count). The highest BCUT2D eigenvalue weighted by atomic mass is 14.0. The lowest BCUT2D eigenvalue weighted by Crippen LogP contribution is -1.27. The highest BCUT2D eigenvalue weighted by Crippen LogP contribution is 2.14. The van der Waals surface area contributed by atoms with E-state index in [1.165, 1.54) is 25.7 Å². The SMILES string of the molecule is C1CC1.C=C.CCC. The Bertz CT molecular complexity index is 18.5. The van der Waals surface area contributed by atoms with E-state index in [0.29, 0.717) is 0 Å². The Morgan fingerprint density at radius 2 is 1.12 bits per heavy atom. The highest BCUT2D eigenvalue weighted by molar-refractivity contribution is 4.50. The van der Waals surface area contributed by atoms with Gasteiger partial charge in [-0.3, -0.25) is 0 Å². The smallest absolute Gasteiger partial charge is 0.0533 e. The fourth-order valence-electron chi connectivity index (χ4n) is 0. The van der Waals surface area contributed by atoms with Crippen molar-refractivity contribution in [3.8, 4) is 0 Å². The van der Waals surface area contributed by atoms with Crippen LogP contribution in [0.15, 0.2) is 13.2 Å². The molecule has 1 aliphatic carbocycles. The van der Waals surface area contributed by atoms with Gasteiger partial charge in [0, 0.05) is 0 Å². The molecule has 0 radical (unpaired) electrons. The largest absolute Gasteiger partial charge is 0.106 e. The maximum Gasteiger partial charge on any atom is -0.0533 e. The van der Waals surface area contributed by atoms with Crippen molar-refractivity contribution in [1.29, 1.82) is 0 Å².